The second kappa shape index (κ2) is 7.01. The average molecular weight is 346 g/mol. The molecule has 6 heteroatoms. The molecule has 1 aromatic carbocycles. The zero-order valence-electron chi connectivity index (χ0n) is 13.9. The van der Waals surface area contributed by atoms with Crippen LogP contribution >= 0.6 is 0 Å². The summed E-state index contributed by atoms with van der Waals surface area (Å²) in [5.74, 6) is 0.118. The van der Waals surface area contributed by atoms with Gasteiger partial charge in [0.25, 0.3) is 0 Å². The van der Waals surface area contributed by atoms with Crippen LogP contribution in [0.3, 0.4) is 0 Å². The summed E-state index contributed by atoms with van der Waals surface area (Å²) >= 11 is 0. The Morgan fingerprint density at radius 1 is 1.17 bits per heavy atom. The Morgan fingerprint density at radius 3 is 2.62 bits per heavy atom. The van der Waals surface area contributed by atoms with Gasteiger partial charge in [-0.25, -0.2) is 13.1 Å². The lowest BCUT2D eigenvalue weighted by molar-refractivity contribution is 0.183. The zero-order valence-corrected chi connectivity index (χ0v) is 14.7. The third kappa shape index (κ3) is 3.83. The fourth-order valence-corrected chi connectivity index (χ4v) is 4.63. The van der Waals surface area contributed by atoms with E-state index < -0.39 is 10.0 Å². The number of hydrogen-bond donors (Lipinski definition) is 1. The van der Waals surface area contributed by atoms with Crippen molar-refractivity contribution in [3.05, 3.63) is 59.4 Å². The highest BCUT2D eigenvalue weighted by Crippen LogP contribution is 2.22. The Balaban J connectivity index is 1.76. The molecule has 0 saturated carbocycles. The molecule has 0 unspecified atom stereocenters. The molecule has 2 aromatic rings. The molecular formula is C18H22N2O3S. The summed E-state index contributed by atoms with van der Waals surface area (Å²) in [5, 5.41) is 0. The van der Waals surface area contributed by atoms with E-state index in [1.807, 2.05) is 38.1 Å². The molecule has 0 spiro atoms. The third-order valence-corrected chi connectivity index (χ3v) is 6.02. The van der Waals surface area contributed by atoms with E-state index in [9.17, 15) is 8.42 Å². The summed E-state index contributed by atoms with van der Waals surface area (Å²) in [6, 6.07) is 9.06. The van der Waals surface area contributed by atoms with Crippen molar-refractivity contribution in [3.8, 4) is 0 Å². The lowest BCUT2D eigenvalue weighted by Crippen LogP contribution is -2.40. The van der Waals surface area contributed by atoms with Crippen molar-refractivity contribution in [2.24, 2.45) is 5.92 Å². The van der Waals surface area contributed by atoms with Gasteiger partial charge >= 0.3 is 0 Å². The fraction of sp³-hybridized carbons (Fsp3) is 0.389. The van der Waals surface area contributed by atoms with Gasteiger partial charge in [0.15, 0.2) is 0 Å². The first-order valence-electron chi connectivity index (χ1n) is 8.02. The van der Waals surface area contributed by atoms with E-state index in [2.05, 4.69) is 9.71 Å². The highest BCUT2D eigenvalue weighted by atomic mass is 32.2. The van der Waals surface area contributed by atoms with E-state index in [0.29, 0.717) is 18.1 Å². The van der Waals surface area contributed by atoms with Crippen LogP contribution < -0.4 is 4.72 Å². The van der Waals surface area contributed by atoms with E-state index in [4.69, 9.17) is 4.74 Å². The van der Waals surface area contributed by atoms with Crippen LogP contribution in [0.2, 0.25) is 0 Å². The second-order valence-electron chi connectivity index (χ2n) is 6.35. The molecule has 0 radical (unpaired) electrons. The van der Waals surface area contributed by atoms with Crippen molar-refractivity contribution in [2.75, 3.05) is 13.2 Å². The number of benzene rings is 1. The normalized spacial score (nSPS) is 21.1. The molecule has 1 aliphatic heterocycles. The van der Waals surface area contributed by atoms with Crippen molar-refractivity contribution >= 4 is 10.0 Å². The molecule has 1 saturated heterocycles. The van der Waals surface area contributed by atoms with Crippen LogP contribution in [0.5, 0.6) is 0 Å². The average Bonchev–Trinajstić information content (AvgIpc) is 2.94. The number of aromatic nitrogens is 1. The number of sulfonamides is 1. The van der Waals surface area contributed by atoms with E-state index in [1.54, 1.807) is 18.5 Å². The van der Waals surface area contributed by atoms with Gasteiger partial charge in [-0.2, -0.15) is 0 Å². The van der Waals surface area contributed by atoms with Crippen LogP contribution in [0.15, 0.2) is 47.6 Å². The van der Waals surface area contributed by atoms with Crippen LogP contribution in [0, 0.1) is 19.8 Å². The molecule has 24 heavy (non-hydrogen) atoms. The summed E-state index contributed by atoms with van der Waals surface area (Å²) in [7, 11) is -3.56. The molecule has 1 fully saturated rings. The molecule has 1 N–H and O–H groups in total. The van der Waals surface area contributed by atoms with E-state index in [1.165, 1.54) is 0 Å². The topological polar surface area (TPSA) is 68.3 Å². The van der Waals surface area contributed by atoms with E-state index in [0.717, 1.165) is 23.1 Å². The van der Waals surface area contributed by atoms with Gasteiger partial charge in [0.05, 0.1) is 24.2 Å². The van der Waals surface area contributed by atoms with Gasteiger partial charge in [0.1, 0.15) is 0 Å². The predicted molar refractivity (Wildman–Crippen MR) is 92.3 cm³/mol. The smallest absolute Gasteiger partial charge is 0.241 e. The number of ether oxygens (including phenoxy) is 1. The van der Waals surface area contributed by atoms with E-state index in [-0.39, 0.29) is 12.0 Å². The summed E-state index contributed by atoms with van der Waals surface area (Å²) < 4.78 is 33.8. The molecule has 0 bridgehead atoms. The first kappa shape index (κ1) is 17.1. The van der Waals surface area contributed by atoms with Crippen molar-refractivity contribution in [1.29, 1.82) is 0 Å². The SMILES string of the molecule is Cc1ccc(S(=O)(=O)N[C@H]2COC[C@H]2Cc2ccncc2)c(C)c1. The molecule has 0 aliphatic carbocycles. The number of rotatable bonds is 5. The van der Waals surface area contributed by atoms with Gasteiger partial charge in [-0.1, -0.05) is 17.7 Å². The number of hydrogen-bond acceptors (Lipinski definition) is 4. The Kier molecular flexibility index (Phi) is 4.99. The minimum Gasteiger partial charge on any atom is -0.379 e. The molecule has 2 heterocycles. The molecular weight excluding hydrogens is 324 g/mol. The number of nitrogens with one attached hydrogen (secondary N) is 1. The molecule has 5 nitrogen and oxygen atoms in total. The van der Waals surface area contributed by atoms with Crippen LogP contribution in [0.4, 0.5) is 0 Å². The van der Waals surface area contributed by atoms with Crippen LogP contribution in [-0.4, -0.2) is 32.7 Å². The quantitative estimate of drug-likeness (QED) is 0.901. The number of nitrogens with zero attached hydrogens (tertiary/aromatic N) is 1. The molecule has 0 amide bonds. The first-order chi connectivity index (χ1) is 11.5. The van der Waals surface area contributed by atoms with Gasteiger partial charge in [0.2, 0.25) is 10.0 Å². The molecule has 128 valence electrons. The minimum absolute atomic E-state index is 0.118. The van der Waals surface area contributed by atoms with Gasteiger partial charge in [-0.05, 0) is 49.6 Å². The van der Waals surface area contributed by atoms with Gasteiger partial charge < -0.3 is 4.74 Å². The van der Waals surface area contributed by atoms with Gasteiger partial charge in [0, 0.05) is 18.3 Å². The Hall–Kier alpha value is -1.76. The lowest BCUT2D eigenvalue weighted by Gasteiger charge is -2.20. The van der Waals surface area contributed by atoms with Crippen molar-refractivity contribution in [3.63, 3.8) is 0 Å². The Bertz CT molecular complexity index is 806. The molecule has 1 aliphatic rings. The predicted octanol–water partition coefficient (Wildman–Crippen LogP) is 2.23. The lowest BCUT2D eigenvalue weighted by atomic mass is 9.96. The minimum atomic E-state index is -3.56. The van der Waals surface area contributed by atoms with Crippen LogP contribution in [0.25, 0.3) is 0 Å². The van der Waals surface area contributed by atoms with Crippen molar-refractivity contribution in [1.82, 2.24) is 9.71 Å². The Labute approximate surface area is 143 Å². The van der Waals surface area contributed by atoms with Gasteiger partial charge in [-0.3, -0.25) is 4.98 Å². The highest BCUT2D eigenvalue weighted by Gasteiger charge is 2.32. The summed E-state index contributed by atoms with van der Waals surface area (Å²) in [4.78, 5) is 4.35. The third-order valence-electron chi connectivity index (χ3n) is 4.37. The maximum atomic E-state index is 12.7. The summed E-state index contributed by atoms with van der Waals surface area (Å²) in [5.41, 5.74) is 2.94. The fourth-order valence-electron chi connectivity index (χ4n) is 3.12. The maximum absolute atomic E-state index is 12.7. The number of pyridine rings is 1. The summed E-state index contributed by atoms with van der Waals surface area (Å²) in [6.07, 6.45) is 4.27. The first-order valence-corrected chi connectivity index (χ1v) is 9.50. The van der Waals surface area contributed by atoms with Crippen molar-refractivity contribution < 1.29 is 13.2 Å². The van der Waals surface area contributed by atoms with Crippen molar-refractivity contribution in [2.45, 2.75) is 31.2 Å². The van der Waals surface area contributed by atoms with Gasteiger partial charge in [-0.15, -0.1) is 0 Å². The molecule has 3 rings (SSSR count). The van der Waals surface area contributed by atoms with Crippen LogP contribution in [0.1, 0.15) is 16.7 Å². The monoisotopic (exact) mass is 346 g/mol. The van der Waals surface area contributed by atoms with E-state index >= 15 is 0 Å². The standard InChI is InChI=1S/C18H22N2O3S/c1-13-3-4-18(14(2)9-13)24(21,22)20-17-12-23-11-16(17)10-15-5-7-19-8-6-15/h3-9,16-17,20H,10-12H2,1-2H3/t16-,17+/m1/s1. The molecule has 1 aromatic heterocycles. The Morgan fingerprint density at radius 2 is 1.92 bits per heavy atom. The summed E-state index contributed by atoms with van der Waals surface area (Å²) in [6.45, 7) is 4.73. The number of aryl methyl sites for hydroxylation is 2. The van der Waals surface area contributed by atoms with Crippen LogP contribution in [-0.2, 0) is 21.2 Å². The largest absolute Gasteiger partial charge is 0.379 e. The second-order valence-corrected chi connectivity index (χ2v) is 8.04. The molecule has 2 atom stereocenters. The maximum Gasteiger partial charge on any atom is 0.241 e. The highest BCUT2D eigenvalue weighted by molar-refractivity contribution is 7.89. The zero-order chi connectivity index (χ0) is 17.2.